The van der Waals surface area contributed by atoms with Gasteiger partial charge in [-0.2, -0.15) is 8.42 Å². The number of aromatic hydroxyl groups is 1. The third kappa shape index (κ3) is 3.16. The molecule has 0 aliphatic heterocycles. The number of phenolic OH excluding ortho intramolecular Hbond substituents is 1. The van der Waals surface area contributed by atoms with Crippen LogP contribution in [0.1, 0.15) is 15.9 Å². The van der Waals surface area contributed by atoms with Crippen LogP contribution in [0, 0.1) is 6.92 Å². The maximum absolute atomic E-state index is 11.9. The third-order valence-electron chi connectivity index (χ3n) is 2.60. The molecule has 2 aromatic rings. The van der Waals surface area contributed by atoms with E-state index in [2.05, 4.69) is 4.18 Å². The zero-order valence-electron chi connectivity index (χ0n) is 10.6. The van der Waals surface area contributed by atoms with E-state index in [1.165, 1.54) is 36.4 Å². The van der Waals surface area contributed by atoms with E-state index < -0.39 is 16.1 Å². The first-order chi connectivity index (χ1) is 9.38. The summed E-state index contributed by atoms with van der Waals surface area (Å²) in [6, 6.07) is 11.1. The van der Waals surface area contributed by atoms with Gasteiger partial charge >= 0.3 is 16.1 Å². The van der Waals surface area contributed by atoms with Crippen LogP contribution in [0.4, 0.5) is 0 Å². The molecule has 0 heterocycles. The molecule has 0 atom stereocenters. The van der Waals surface area contributed by atoms with Crippen molar-refractivity contribution < 1.29 is 22.5 Å². The SMILES string of the molecule is Cc1ccc(S(=O)(=O)OC(=O)c2ccc(O)cc2)cc1. The number of rotatable bonds is 3. The van der Waals surface area contributed by atoms with Crippen LogP contribution >= 0.6 is 0 Å². The maximum Gasteiger partial charge on any atom is 0.354 e. The van der Waals surface area contributed by atoms with Crippen LogP contribution in [0.15, 0.2) is 53.4 Å². The average molecular weight is 292 g/mol. The summed E-state index contributed by atoms with van der Waals surface area (Å²) in [6.45, 7) is 1.82. The van der Waals surface area contributed by atoms with Crippen LogP contribution in [0.5, 0.6) is 5.75 Å². The normalized spacial score (nSPS) is 11.1. The van der Waals surface area contributed by atoms with Gasteiger partial charge in [0.1, 0.15) is 10.6 Å². The molecule has 0 radical (unpaired) electrons. The molecule has 0 aromatic heterocycles. The monoisotopic (exact) mass is 292 g/mol. The van der Waals surface area contributed by atoms with Gasteiger partial charge in [0.25, 0.3) is 0 Å². The molecule has 2 aromatic carbocycles. The van der Waals surface area contributed by atoms with Gasteiger partial charge in [0.05, 0.1) is 5.56 Å². The van der Waals surface area contributed by atoms with E-state index in [-0.39, 0.29) is 16.2 Å². The maximum atomic E-state index is 11.9. The second-order valence-electron chi connectivity index (χ2n) is 4.18. The Morgan fingerprint density at radius 1 is 1.00 bits per heavy atom. The van der Waals surface area contributed by atoms with Crippen LogP contribution in [0.3, 0.4) is 0 Å². The highest BCUT2D eigenvalue weighted by Gasteiger charge is 2.21. The molecule has 0 spiro atoms. The van der Waals surface area contributed by atoms with Crippen molar-refractivity contribution >= 4 is 16.1 Å². The van der Waals surface area contributed by atoms with Crippen molar-refractivity contribution in [2.75, 3.05) is 0 Å². The van der Waals surface area contributed by atoms with Crippen LogP contribution in [-0.2, 0) is 14.3 Å². The number of hydrogen-bond donors (Lipinski definition) is 1. The number of hydrogen-bond acceptors (Lipinski definition) is 5. The Bertz CT molecular complexity index is 715. The minimum absolute atomic E-state index is 0.0251. The molecule has 0 aliphatic rings. The standard InChI is InChI=1S/C14H12O5S/c1-10-2-8-13(9-3-10)20(17,18)19-14(16)11-4-6-12(15)7-5-11/h2-9,15H,1H3. The first-order valence-corrected chi connectivity index (χ1v) is 7.14. The van der Waals surface area contributed by atoms with Gasteiger partial charge < -0.3 is 9.29 Å². The Kier molecular flexibility index (Phi) is 3.76. The predicted octanol–water partition coefficient (Wildman–Crippen LogP) is 2.25. The molecule has 0 saturated carbocycles. The summed E-state index contributed by atoms with van der Waals surface area (Å²) < 4.78 is 28.3. The summed E-state index contributed by atoms with van der Waals surface area (Å²) in [5.74, 6) is -1.02. The van der Waals surface area contributed by atoms with E-state index in [0.29, 0.717) is 0 Å². The average Bonchev–Trinajstić information content (AvgIpc) is 2.39. The molecule has 104 valence electrons. The molecular formula is C14H12O5S. The van der Waals surface area contributed by atoms with Crippen molar-refractivity contribution in [3.05, 3.63) is 59.7 Å². The summed E-state index contributed by atoms with van der Waals surface area (Å²) in [5.41, 5.74) is 0.937. The van der Waals surface area contributed by atoms with E-state index >= 15 is 0 Å². The Balaban J connectivity index is 2.22. The largest absolute Gasteiger partial charge is 0.508 e. The second kappa shape index (κ2) is 5.34. The van der Waals surface area contributed by atoms with E-state index in [1.54, 1.807) is 12.1 Å². The first kappa shape index (κ1) is 14.1. The van der Waals surface area contributed by atoms with Gasteiger partial charge in [-0.05, 0) is 43.3 Å². The number of carbonyl (C=O) groups is 1. The van der Waals surface area contributed by atoms with Crippen LogP contribution in [0.25, 0.3) is 0 Å². The number of benzene rings is 2. The molecule has 0 bridgehead atoms. The smallest absolute Gasteiger partial charge is 0.354 e. The highest BCUT2D eigenvalue weighted by atomic mass is 32.2. The molecule has 6 heteroatoms. The molecule has 2 rings (SSSR count). The Morgan fingerprint density at radius 2 is 1.55 bits per heavy atom. The summed E-state index contributed by atoms with van der Waals surface area (Å²) in [7, 11) is -4.15. The van der Waals surface area contributed by atoms with Crippen LogP contribution < -0.4 is 0 Å². The minimum Gasteiger partial charge on any atom is -0.508 e. The fourth-order valence-corrected chi connectivity index (χ4v) is 2.36. The van der Waals surface area contributed by atoms with E-state index in [0.717, 1.165) is 5.56 Å². The summed E-state index contributed by atoms with van der Waals surface area (Å²) in [4.78, 5) is 11.6. The van der Waals surface area contributed by atoms with Gasteiger partial charge in [-0.3, -0.25) is 0 Å². The summed E-state index contributed by atoms with van der Waals surface area (Å²) in [6.07, 6.45) is 0. The first-order valence-electron chi connectivity index (χ1n) is 5.73. The summed E-state index contributed by atoms with van der Waals surface area (Å²) in [5, 5.41) is 9.10. The van der Waals surface area contributed by atoms with Gasteiger partial charge in [-0.25, -0.2) is 4.79 Å². The second-order valence-corrected chi connectivity index (χ2v) is 5.73. The highest BCUT2D eigenvalue weighted by molar-refractivity contribution is 7.87. The topological polar surface area (TPSA) is 80.7 Å². The lowest BCUT2D eigenvalue weighted by atomic mass is 10.2. The molecule has 5 nitrogen and oxygen atoms in total. The zero-order chi connectivity index (χ0) is 14.8. The van der Waals surface area contributed by atoms with E-state index in [1.807, 2.05) is 6.92 Å². The fraction of sp³-hybridized carbons (Fsp3) is 0.0714. The van der Waals surface area contributed by atoms with Crippen molar-refractivity contribution in [3.63, 3.8) is 0 Å². The lowest BCUT2D eigenvalue weighted by molar-refractivity contribution is 0.0746. The van der Waals surface area contributed by atoms with Crippen molar-refractivity contribution in [3.8, 4) is 5.75 Å². The van der Waals surface area contributed by atoms with Gasteiger partial charge in [-0.1, -0.05) is 17.7 Å². The molecule has 1 N–H and O–H groups in total. The lowest BCUT2D eigenvalue weighted by Crippen LogP contribution is -2.13. The zero-order valence-corrected chi connectivity index (χ0v) is 11.4. The quantitative estimate of drug-likeness (QED) is 0.877. The van der Waals surface area contributed by atoms with E-state index in [9.17, 15) is 13.2 Å². The fourth-order valence-electron chi connectivity index (χ4n) is 1.50. The Hall–Kier alpha value is -2.34. The molecule has 0 amide bonds. The van der Waals surface area contributed by atoms with Crippen molar-refractivity contribution in [1.82, 2.24) is 0 Å². The van der Waals surface area contributed by atoms with Crippen molar-refractivity contribution in [2.45, 2.75) is 11.8 Å². The number of phenols is 1. The van der Waals surface area contributed by atoms with Crippen molar-refractivity contribution in [1.29, 1.82) is 0 Å². The molecular weight excluding hydrogens is 280 g/mol. The third-order valence-corrected chi connectivity index (χ3v) is 3.82. The Labute approximate surface area is 116 Å². The lowest BCUT2D eigenvalue weighted by Gasteiger charge is -2.06. The molecule has 0 fully saturated rings. The van der Waals surface area contributed by atoms with Crippen LogP contribution in [-0.4, -0.2) is 19.5 Å². The van der Waals surface area contributed by atoms with Gasteiger partial charge in [-0.15, -0.1) is 0 Å². The molecule has 0 saturated heterocycles. The highest BCUT2D eigenvalue weighted by Crippen LogP contribution is 2.16. The number of aryl methyl sites for hydroxylation is 1. The predicted molar refractivity (Wildman–Crippen MR) is 71.9 cm³/mol. The molecule has 0 unspecified atom stereocenters. The minimum atomic E-state index is -4.15. The molecule has 0 aliphatic carbocycles. The van der Waals surface area contributed by atoms with Gasteiger partial charge in [0.15, 0.2) is 0 Å². The van der Waals surface area contributed by atoms with E-state index in [4.69, 9.17) is 5.11 Å². The van der Waals surface area contributed by atoms with Crippen molar-refractivity contribution in [2.24, 2.45) is 0 Å². The van der Waals surface area contributed by atoms with Gasteiger partial charge in [0.2, 0.25) is 0 Å². The molecule has 20 heavy (non-hydrogen) atoms. The number of carbonyl (C=O) groups excluding carboxylic acids is 1. The Morgan fingerprint density at radius 3 is 2.10 bits per heavy atom. The van der Waals surface area contributed by atoms with Crippen LogP contribution in [0.2, 0.25) is 0 Å². The van der Waals surface area contributed by atoms with Gasteiger partial charge in [0, 0.05) is 0 Å². The summed E-state index contributed by atoms with van der Waals surface area (Å²) >= 11 is 0.